The van der Waals surface area contributed by atoms with Gasteiger partial charge in [0.25, 0.3) is 0 Å². The van der Waals surface area contributed by atoms with Gasteiger partial charge in [0.1, 0.15) is 18.1 Å². The molecule has 0 saturated carbocycles. The molecule has 3 amide bonds. The second-order valence-corrected chi connectivity index (χ2v) is 9.53. The van der Waals surface area contributed by atoms with Crippen molar-refractivity contribution in [1.29, 1.82) is 0 Å². The molecule has 0 fully saturated rings. The molecule has 1 aromatic heterocycles. The summed E-state index contributed by atoms with van der Waals surface area (Å²) in [7, 11) is 0. The molecule has 1 heterocycles. The number of thiol groups is 1. The normalized spacial score (nSPS) is 13.9. The Labute approximate surface area is 235 Å². The quantitative estimate of drug-likeness (QED) is 0.126. The van der Waals surface area contributed by atoms with Gasteiger partial charge in [-0.15, -0.1) is 0 Å². The van der Waals surface area contributed by atoms with E-state index in [-0.39, 0.29) is 18.6 Å². The van der Waals surface area contributed by atoms with Gasteiger partial charge in [-0.1, -0.05) is 48.5 Å². The zero-order valence-corrected chi connectivity index (χ0v) is 22.3. The molecule has 4 atom stereocenters. The minimum absolute atomic E-state index is 0.00746. The zero-order chi connectivity index (χ0) is 29.2. The maximum absolute atomic E-state index is 13.2. The SMILES string of the molecule is NC(CC(=O)O)C(=O)NC(Cc1ccccc1)C(=O)NC(CS)C(=O)NC(Cc1c[nH]c2ccccc12)C(=O)O. The van der Waals surface area contributed by atoms with Gasteiger partial charge in [0.05, 0.1) is 12.5 Å². The third-order valence-corrected chi connectivity index (χ3v) is 6.54. The Morgan fingerprint density at radius 2 is 1.40 bits per heavy atom. The van der Waals surface area contributed by atoms with Gasteiger partial charge in [-0.05, 0) is 17.2 Å². The molecule has 0 spiro atoms. The van der Waals surface area contributed by atoms with Crippen LogP contribution < -0.4 is 21.7 Å². The van der Waals surface area contributed by atoms with Crippen LogP contribution >= 0.6 is 12.6 Å². The predicted octanol–water partition coefficient (Wildman–Crippen LogP) is 0.224. The number of aliphatic carboxylic acids is 2. The van der Waals surface area contributed by atoms with Crippen molar-refractivity contribution < 1.29 is 34.2 Å². The first kappa shape index (κ1) is 30.2. The molecule has 3 rings (SSSR count). The second-order valence-electron chi connectivity index (χ2n) is 9.16. The lowest BCUT2D eigenvalue weighted by Crippen LogP contribution is -2.58. The Kier molecular flexibility index (Phi) is 10.7. The van der Waals surface area contributed by atoms with Crippen molar-refractivity contribution in [3.63, 3.8) is 0 Å². The lowest BCUT2D eigenvalue weighted by atomic mass is 10.0. The van der Waals surface area contributed by atoms with Crippen LogP contribution in [0.15, 0.2) is 60.8 Å². The molecule has 0 bridgehead atoms. The summed E-state index contributed by atoms with van der Waals surface area (Å²) < 4.78 is 0. The molecule has 13 heteroatoms. The number of hydrogen-bond donors (Lipinski definition) is 8. The molecule has 0 aliphatic carbocycles. The first-order valence-electron chi connectivity index (χ1n) is 12.4. The van der Waals surface area contributed by atoms with E-state index in [1.807, 2.05) is 24.3 Å². The summed E-state index contributed by atoms with van der Waals surface area (Å²) in [4.78, 5) is 64.7. The third-order valence-electron chi connectivity index (χ3n) is 6.18. The van der Waals surface area contributed by atoms with Gasteiger partial charge in [-0.25, -0.2) is 4.79 Å². The van der Waals surface area contributed by atoms with E-state index < -0.39 is 60.2 Å². The van der Waals surface area contributed by atoms with E-state index in [0.717, 1.165) is 10.9 Å². The highest BCUT2D eigenvalue weighted by atomic mass is 32.1. The third kappa shape index (κ3) is 8.32. The van der Waals surface area contributed by atoms with Crippen molar-refractivity contribution in [1.82, 2.24) is 20.9 Å². The summed E-state index contributed by atoms with van der Waals surface area (Å²) in [6.07, 6.45) is 1.06. The van der Waals surface area contributed by atoms with E-state index in [4.69, 9.17) is 10.8 Å². The number of nitrogens with two attached hydrogens (primary N) is 1. The Morgan fingerprint density at radius 3 is 2.05 bits per heavy atom. The average molecular weight is 570 g/mol. The molecule has 0 radical (unpaired) electrons. The highest BCUT2D eigenvalue weighted by Gasteiger charge is 2.30. The van der Waals surface area contributed by atoms with Gasteiger partial charge < -0.3 is 36.9 Å². The number of hydrogen-bond acceptors (Lipinski definition) is 7. The van der Waals surface area contributed by atoms with Crippen LogP contribution in [-0.4, -0.2) is 74.8 Å². The summed E-state index contributed by atoms with van der Waals surface area (Å²) in [6.45, 7) is 0. The standard InChI is InChI=1S/C27H31N5O7S/c28-18(12-23(33)34)24(35)30-20(10-15-6-2-1-3-7-15)25(36)32-22(14-40)26(37)31-21(27(38)39)11-16-13-29-19-9-5-4-8-17(16)19/h1-9,13,18,20-22,29,40H,10-12,14,28H2,(H,30,35)(H,31,37)(H,32,36)(H,33,34)(H,38,39). The highest BCUT2D eigenvalue weighted by Crippen LogP contribution is 2.19. The number of carboxylic acid groups (broad SMARTS) is 2. The number of nitrogens with one attached hydrogen (secondary N) is 4. The molecule has 2 aromatic carbocycles. The van der Waals surface area contributed by atoms with Crippen molar-refractivity contribution >= 4 is 53.2 Å². The van der Waals surface area contributed by atoms with E-state index >= 15 is 0 Å². The van der Waals surface area contributed by atoms with Gasteiger partial charge in [-0.2, -0.15) is 12.6 Å². The number of rotatable bonds is 14. The molecule has 4 unspecified atom stereocenters. The molecule has 0 aliphatic heterocycles. The van der Waals surface area contributed by atoms with Crippen LogP contribution in [-0.2, 0) is 36.8 Å². The van der Waals surface area contributed by atoms with Crippen molar-refractivity contribution in [2.24, 2.45) is 5.73 Å². The van der Waals surface area contributed by atoms with Crippen molar-refractivity contribution in [2.75, 3.05) is 5.75 Å². The summed E-state index contributed by atoms with van der Waals surface area (Å²) >= 11 is 4.15. The van der Waals surface area contributed by atoms with Crippen LogP contribution in [0, 0.1) is 0 Å². The van der Waals surface area contributed by atoms with Crippen LogP contribution in [0.1, 0.15) is 17.5 Å². The Bertz CT molecular complexity index is 1360. The average Bonchev–Trinajstić information content (AvgIpc) is 3.33. The van der Waals surface area contributed by atoms with E-state index in [1.54, 1.807) is 36.5 Å². The number of carbonyl (C=O) groups excluding carboxylic acids is 3. The summed E-state index contributed by atoms with van der Waals surface area (Å²) in [5.74, 6) is -5.08. The van der Waals surface area contributed by atoms with E-state index in [9.17, 15) is 29.1 Å². The summed E-state index contributed by atoms with van der Waals surface area (Å²) in [5.41, 5.74) is 7.85. The molecule has 3 aromatic rings. The number of H-pyrrole nitrogens is 1. The number of para-hydroxylation sites is 1. The fraction of sp³-hybridized carbons (Fsp3) is 0.296. The Morgan fingerprint density at radius 1 is 0.800 bits per heavy atom. The molecule has 212 valence electrons. The topological polar surface area (TPSA) is 204 Å². The lowest BCUT2D eigenvalue weighted by molar-refractivity contribution is -0.142. The number of aromatic amines is 1. The van der Waals surface area contributed by atoms with Crippen LogP contribution in [0.25, 0.3) is 10.9 Å². The van der Waals surface area contributed by atoms with Crippen molar-refractivity contribution in [2.45, 2.75) is 43.4 Å². The Hall–Kier alpha value is -4.36. The molecule has 40 heavy (non-hydrogen) atoms. The minimum Gasteiger partial charge on any atom is -0.481 e. The number of benzene rings is 2. The van der Waals surface area contributed by atoms with Gasteiger partial charge >= 0.3 is 11.9 Å². The van der Waals surface area contributed by atoms with E-state index in [0.29, 0.717) is 11.1 Å². The van der Waals surface area contributed by atoms with Gasteiger partial charge in [0, 0.05) is 35.7 Å². The molecule has 12 nitrogen and oxygen atoms in total. The first-order chi connectivity index (χ1) is 19.1. The molecule has 8 N–H and O–H groups in total. The lowest BCUT2D eigenvalue weighted by Gasteiger charge is -2.24. The van der Waals surface area contributed by atoms with Crippen LogP contribution in [0.2, 0.25) is 0 Å². The largest absolute Gasteiger partial charge is 0.481 e. The number of aromatic nitrogens is 1. The smallest absolute Gasteiger partial charge is 0.326 e. The van der Waals surface area contributed by atoms with Crippen molar-refractivity contribution in [3.8, 4) is 0 Å². The fourth-order valence-electron chi connectivity index (χ4n) is 4.08. The molecular formula is C27H31N5O7S. The fourth-order valence-corrected chi connectivity index (χ4v) is 4.33. The molecule has 0 saturated heterocycles. The summed E-state index contributed by atoms with van der Waals surface area (Å²) in [5, 5.41) is 26.9. The second kappa shape index (κ2) is 14.1. The number of amides is 3. The van der Waals surface area contributed by atoms with E-state index in [1.165, 1.54) is 0 Å². The zero-order valence-electron chi connectivity index (χ0n) is 21.4. The van der Waals surface area contributed by atoms with Crippen molar-refractivity contribution in [3.05, 3.63) is 71.9 Å². The molecule has 0 aliphatic rings. The van der Waals surface area contributed by atoms with Gasteiger partial charge in [0.2, 0.25) is 17.7 Å². The van der Waals surface area contributed by atoms with Gasteiger partial charge in [-0.3, -0.25) is 19.2 Å². The number of fused-ring (bicyclic) bond motifs is 1. The number of carboxylic acids is 2. The van der Waals surface area contributed by atoms with Crippen LogP contribution in [0.5, 0.6) is 0 Å². The van der Waals surface area contributed by atoms with Crippen LogP contribution in [0.3, 0.4) is 0 Å². The number of carbonyl (C=O) groups is 5. The highest BCUT2D eigenvalue weighted by molar-refractivity contribution is 7.80. The minimum atomic E-state index is -1.40. The summed E-state index contributed by atoms with van der Waals surface area (Å²) in [6, 6.07) is 10.9. The van der Waals surface area contributed by atoms with Crippen LogP contribution in [0.4, 0.5) is 0 Å². The van der Waals surface area contributed by atoms with E-state index in [2.05, 4.69) is 33.6 Å². The van der Waals surface area contributed by atoms with Gasteiger partial charge in [0.15, 0.2) is 0 Å². The first-order valence-corrected chi connectivity index (χ1v) is 13.0. The Balaban J connectivity index is 1.72. The molecular weight excluding hydrogens is 538 g/mol. The predicted molar refractivity (Wildman–Crippen MR) is 150 cm³/mol. The monoisotopic (exact) mass is 569 g/mol. The maximum atomic E-state index is 13.2. The maximum Gasteiger partial charge on any atom is 0.326 e.